The van der Waals surface area contributed by atoms with E-state index in [1.807, 2.05) is 37.4 Å². The van der Waals surface area contributed by atoms with Crippen LogP contribution in [0, 0.1) is 0 Å². The van der Waals surface area contributed by atoms with Crippen LogP contribution < -0.4 is 0 Å². The molecule has 0 saturated carbocycles. The summed E-state index contributed by atoms with van der Waals surface area (Å²) in [5.41, 5.74) is 1.95. The predicted octanol–water partition coefficient (Wildman–Crippen LogP) is 4.25. The molecule has 3 atom stereocenters. The first-order chi connectivity index (χ1) is 10.1. The monoisotopic (exact) mass is 347 g/mol. The van der Waals surface area contributed by atoms with Gasteiger partial charge in [0.25, 0.3) is 0 Å². The Kier molecular flexibility index (Phi) is 4.02. The van der Waals surface area contributed by atoms with Crippen molar-refractivity contribution in [3.63, 3.8) is 0 Å². The molecular formula is C17H18BrNO2. The zero-order valence-corrected chi connectivity index (χ0v) is 13.6. The van der Waals surface area contributed by atoms with Crippen LogP contribution in [0.1, 0.15) is 30.4 Å². The number of hydrogen-bond acceptors (Lipinski definition) is 3. The second-order valence-electron chi connectivity index (χ2n) is 5.43. The van der Waals surface area contributed by atoms with Crippen molar-refractivity contribution in [2.75, 3.05) is 7.05 Å². The summed E-state index contributed by atoms with van der Waals surface area (Å²) in [6.45, 7) is 2.15. The number of ether oxygens (including phenoxy) is 1. The van der Waals surface area contributed by atoms with Crippen molar-refractivity contribution in [2.45, 2.75) is 25.3 Å². The van der Waals surface area contributed by atoms with E-state index in [0.29, 0.717) is 0 Å². The van der Waals surface area contributed by atoms with Gasteiger partial charge in [-0.2, -0.15) is 0 Å². The molecule has 0 radical (unpaired) electrons. The highest BCUT2D eigenvalue weighted by Gasteiger charge is 2.39. The van der Waals surface area contributed by atoms with Crippen molar-refractivity contribution in [3.8, 4) is 5.75 Å². The van der Waals surface area contributed by atoms with Crippen molar-refractivity contribution < 1.29 is 9.84 Å². The van der Waals surface area contributed by atoms with Crippen molar-refractivity contribution in [1.82, 2.24) is 4.90 Å². The fraction of sp³-hybridized carbons (Fsp3) is 0.294. The highest BCUT2D eigenvalue weighted by molar-refractivity contribution is 9.10. The zero-order chi connectivity index (χ0) is 15.0. The topological polar surface area (TPSA) is 32.7 Å². The summed E-state index contributed by atoms with van der Waals surface area (Å²) in [7, 11) is 2.03. The van der Waals surface area contributed by atoms with Gasteiger partial charge in [0, 0.05) is 16.1 Å². The van der Waals surface area contributed by atoms with E-state index in [1.165, 1.54) is 0 Å². The first-order valence-corrected chi connectivity index (χ1v) is 7.78. The Bertz CT molecular complexity index is 632. The molecule has 4 heteroatoms. The molecule has 2 aromatic rings. The number of likely N-dealkylation sites (N-methyl/N-ethyl adjacent to an activating group) is 1. The quantitative estimate of drug-likeness (QED) is 0.881. The maximum Gasteiger partial charge on any atom is 0.141 e. The van der Waals surface area contributed by atoms with Gasteiger partial charge in [-0.05, 0) is 37.7 Å². The molecule has 3 nitrogen and oxygen atoms in total. The van der Waals surface area contributed by atoms with Gasteiger partial charge in [0.1, 0.15) is 18.1 Å². The van der Waals surface area contributed by atoms with Gasteiger partial charge < -0.3 is 9.84 Å². The molecule has 21 heavy (non-hydrogen) atoms. The van der Waals surface area contributed by atoms with E-state index < -0.39 is 0 Å². The summed E-state index contributed by atoms with van der Waals surface area (Å²) < 4.78 is 7.17. The number of hydrogen-bond donors (Lipinski definition) is 1. The Morgan fingerprint density at radius 2 is 1.86 bits per heavy atom. The standard InChI is InChI=1S/C17H18BrNO2/c1-11-16(12-6-4-3-5-7-12)21-17(19(11)2)14-10-13(18)8-9-15(14)20/h3-11,16-17,20H,1-2H3/t11-,16-,17+/m0/s1. The number of halogens is 1. The number of rotatable bonds is 2. The molecule has 1 fully saturated rings. The lowest BCUT2D eigenvalue weighted by atomic mass is 10.0. The molecule has 1 aliphatic heterocycles. The van der Waals surface area contributed by atoms with Gasteiger partial charge in [-0.15, -0.1) is 0 Å². The Morgan fingerprint density at radius 3 is 2.57 bits per heavy atom. The van der Waals surface area contributed by atoms with Gasteiger partial charge in [0.05, 0.1) is 0 Å². The summed E-state index contributed by atoms with van der Waals surface area (Å²) in [6, 6.07) is 15.9. The number of phenolic OH excluding ortho intramolecular Hbond substituents is 1. The van der Waals surface area contributed by atoms with Gasteiger partial charge in [-0.3, -0.25) is 4.90 Å². The summed E-state index contributed by atoms with van der Waals surface area (Å²) >= 11 is 3.45. The van der Waals surface area contributed by atoms with E-state index in [9.17, 15) is 5.11 Å². The van der Waals surface area contributed by atoms with Crippen LogP contribution in [0.3, 0.4) is 0 Å². The van der Waals surface area contributed by atoms with Crippen LogP contribution >= 0.6 is 15.9 Å². The second kappa shape index (κ2) is 5.79. The van der Waals surface area contributed by atoms with E-state index >= 15 is 0 Å². The number of phenols is 1. The van der Waals surface area contributed by atoms with Crippen LogP contribution in [0.15, 0.2) is 53.0 Å². The molecule has 1 N–H and O–H groups in total. The fourth-order valence-corrected chi connectivity index (χ4v) is 3.17. The summed E-state index contributed by atoms with van der Waals surface area (Å²) in [6.07, 6.45) is -0.248. The van der Waals surface area contributed by atoms with Crippen LogP contribution in [0.25, 0.3) is 0 Å². The molecule has 1 heterocycles. The Labute approximate surface area is 133 Å². The van der Waals surface area contributed by atoms with Crippen molar-refractivity contribution in [3.05, 3.63) is 64.1 Å². The van der Waals surface area contributed by atoms with E-state index in [1.54, 1.807) is 6.07 Å². The van der Waals surface area contributed by atoms with E-state index in [2.05, 4.69) is 39.9 Å². The normalized spacial score (nSPS) is 26.1. The SMILES string of the molecule is C[C@H]1[C@@H](c2ccccc2)O[C@H](c2cc(Br)ccc2O)N1C. The van der Waals surface area contributed by atoms with E-state index in [-0.39, 0.29) is 24.1 Å². The number of benzene rings is 2. The highest BCUT2D eigenvalue weighted by atomic mass is 79.9. The Morgan fingerprint density at radius 1 is 1.14 bits per heavy atom. The number of nitrogens with zero attached hydrogens (tertiary/aromatic N) is 1. The lowest BCUT2D eigenvalue weighted by molar-refractivity contribution is 0.00414. The van der Waals surface area contributed by atoms with Crippen LogP contribution in [0.4, 0.5) is 0 Å². The van der Waals surface area contributed by atoms with Crippen LogP contribution in [-0.4, -0.2) is 23.1 Å². The number of aromatic hydroxyl groups is 1. The molecule has 0 spiro atoms. The van der Waals surface area contributed by atoms with E-state index in [4.69, 9.17) is 4.74 Å². The van der Waals surface area contributed by atoms with E-state index in [0.717, 1.165) is 15.6 Å². The third-order valence-electron chi connectivity index (χ3n) is 4.11. The highest BCUT2D eigenvalue weighted by Crippen LogP contribution is 2.43. The lowest BCUT2D eigenvalue weighted by Crippen LogP contribution is -2.27. The Balaban J connectivity index is 1.94. The van der Waals surface area contributed by atoms with Crippen molar-refractivity contribution in [1.29, 1.82) is 0 Å². The molecule has 1 aliphatic rings. The van der Waals surface area contributed by atoms with Gasteiger partial charge in [-0.25, -0.2) is 0 Å². The van der Waals surface area contributed by atoms with Crippen LogP contribution in [0.5, 0.6) is 5.75 Å². The fourth-order valence-electron chi connectivity index (χ4n) is 2.79. The van der Waals surface area contributed by atoms with Gasteiger partial charge >= 0.3 is 0 Å². The molecule has 2 aromatic carbocycles. The first-order valence-electron chi connectivity index (χ1n) is 6.98. The minimum absolute atomic E-state index is 0.000387. The zero-order valence-electron chi connectivity index (χ0n) is 12.0. The summed E-state index contributed by atoms with van der Waals surface area (Å²) in [5, 5.41) is 10.1. The van der Waals surface area contributed by atoms with Crippen LogP contribution in [-0.2, 0) is 4.74 Å². The maximum absolute atomic E-state index is 10.1. The average Bonchev–Trinajstić information content (AvgIpc) is 2.79. The second-order valence-corrected chi connectivity index (χ2v) is 6.34. The van der Waals surface area contributed by atoms with Gasteiger partial charge in [0.2, 0.25) is 0 Å². The molecule has 0 aliphatic carbocycles. The molecule has 0 unspecified atom stereocenters. The minimum atomic E-state index is -0.247. The summed E-state index contributed by atoms with van der Waals surface area (Å²) in [5.74, 6) is 0.260. The predicted molar refractivity (Wildman–Crippen MR) is 86.0 cm³/mol. The molecule has 3 rings (SSSR count). The molecule has 1 saturated heterocycles. The van der Waals surface area contributed by atoms with Crippen molar-refractivity contribution in [2.24, 2.45) is 0 Å². The minimum Gasteiger partial charge on any atom is -0.508 e. The Hall–Kier alpha value is -1.36. The van der Waals surface area contributed by atoms with Gasteiger partial charge in [0.15, 0.2) is 0 Å². The van der Waals surface area contributed by atoms with Gasteiger partial charge in [-0.1, -0.05) is 46.3 Å². The lowest BCUT2D eigenvalue weighted by Gasteiger charge is -2.22. The first kappa shape index (κ1) is 14.6. The molecule has 0 amide bonds. The summed E-state index contributed by atoms with van der Waals surface area (Å²) in [4.78, 5) is 2.15. The van der Waals surface area contributed by atoms with Crippen molar-refractivity contribution >= 4 is 15.9 Å². The molecule has 0 bridgehead atoms. The largest absolute Gasteiger partial charge is 0.508 e. The maximum atomic E-state index is 10.1. The third-order valence-corrected chi connectivity index (χ3v) is 4.60. The smallest absolute Gasteiger partial charge is 0.141 e. The average molecular weight is 348 g/mol. The molecule has 0 aromatic heterocycles. The third kappa shape index (κ3) is 2.71. The van der Waals surface area contributed by atoms with Crippen LogP contribution in [0.2, 0.25) is 0 Å². The molecular weight excluding hydrogens is 330 g/mol. The molecule has 110 valence electrons.